The number of hydrogen-bond acceptors (Lipinski definition) is 4. The lowest BCUT2D eigenvalue weighted by atomic mass is 10.0. The molecular formula is C19H17ClN2O3. The molecule has 3 aromatic rings. The summed E-state index contributed by atoms with van der Waals surface area (Å²) in [6, 6.07) is 12.1. The third-order valence-electron chi connectivity index (χ3n) is 3.92. The number of nitrogens with two attached hydrogens (primary N) is 1. The van der Waals surface area contributed by atoms with E-state index in [9.17, 15) is 9.59 Å². The van der Waals surface area contributed by atoms with Crippen molar-refractivity contribution in [2.24, 2.45) is 0 Å². The molecule has 1 heterocycles. The van der Waals surface area contributed by atoms with Crippen LogP contribution in [0.4, 0.5) is 10.5 Å². The van der Waals surface area contributed by atoms with Crippen LogP contribution in [0.5, 0.6) is 0 Å². The van der Waals surface area contributed by atoms with Crippen molar-refractivity contribution in [2.45, 2.75) is 13.8 Å². The number of rotatable bonds is 3. The van der Waals surface area contributed by atoms with Gasteiger partial charge in [0, 0.05) is 16.0 Å². The van der Waals surface area contributed by atoms with Crippen molar-refractivity contribution in [3.05, 3.63) is 64.3 Å². The fraction of sp³-hybridized carbons (Fsp3) is 0.158. The van der Waals surface area contributed by atoms with Gasteiger partial charge in [0.05, 0.1) is 17.8 Å². The molecule has 0 unspecified atom stereocenters. The van der Waals surface area contributed by atoms with Crippen LogP contribution < -0.4 is 5.73 Å². The number of carbonyl (C=O) groups is 2. The molecule has 0 fully saturated rings. The number of nitrogen functional groups attached to an aromatic ring is 1. The van der Waals surface area contributed by atoms with Crippen molar-refractivity contribution >= 4 is 40.1 Å². The Kier molecular flexibility index (Phi) is 4.51. The maximum absolute atomic E-state index is 13.1. The van der Waals surface area contributed by atoms with Crippen LogP contribution in [0.1, 0.15) is 28.5 Å². The van der Waals surface area contributed by atoms with Gasteiger partial charge in [0.2, 0.25) is 5.78 Å². The Morgan fingerprint density at radius 2 is 1.96 bits per heavy atom. The number of nitrogens with zero attached hydrogens (tertiary/aromatic N) is 1. The van der Waals surface area contributed by atoms with Gasteiger partial charge in [0.1, 0.15) is 5.69 Å². The second-order valence-electron chi connectivity index (χ2n) is 5.66. The third-order valence-corrected chi connectivity index (χ3v) is 4.15. The molecule has 5 nitrogen and oxygen atoms in total. The monoisotopic (exact) mass is 356 g/mol. The lowest BCUT2D eigenvalue weighted by molar-refractivity contribution is 0.102. The van der Waals surface area contributed by atoms with Crippen LogP contribution in [0.15, 0.2) is 42.5 Å². The van der Waals surface area contributed by atoms with Crippen LogP contribution in [0.3, 0.4) is 0 Å². The van der Waals surface area contributed by atoms with E-state index in [4.69, 9.17) is 22.1 Å². The minimum atomic E-state index is -0.664. The topological polar surface area (TPSA) is 74.3 Å². The van der Waals surface area contributed by atoms with Gasteiger partial charge in [-0.3, -0.25) is 4.79 Å². The van der Waals surface area contributed by atoms with Crippen molar-refractivity contribution < 1.29 is 14.3 Å². The summed E-state index contributed by atoms with van der Waals surface area (Å²) >= 11 is 6.06. The molecule has 1 aromatic heterocycles. The average molecular weight is 357 g/mol. The minimum absolute atomic E-state index is 0.0846. The molecule has 2 aromatic carbocycles. The molecule has 0 radical (unpaired) electrons. The molecule has 0 saturated carbocycles. The molecule has 128 valence electrons. The first kappa shape index (κ1) is 17.0. The molecule has 3 rings (SSSR count). The quantitative estimate of drug-likeness (QED) is 0.705. The number of fused-ring (bicyclic) bond motifs is 1. The highest BCUT2D eigenvalue weighted by atomic mass is 35.5. The smallest absolute Gasteiger partial charge is 0.419 e. The predicted molar refractivity (Wildman–Crippen MR) is 98.4 cm³/mol. The summed E-state index contributed by atoms with van der Waals surface area (Å²) in [5, 5.41) is 1.01. The van der Waals surface area contributed by atoms with Gasteiger partial charge in [-0.15, -0.1) is 0 Å². The Morgan fingerprint density at radius 1 is 1.20 bits per heavy atom. The minimum Gasteiger partial charge on any atom is -0.449 e. The number of hydrogen-bond donors (Lipinski definition) is 1. The van der Waals surface area contributed by atoms with E-state index in [1.165, 1.54) is 4.57 Å². The van der Waals surface area contributed by atoms with Crippen molar-refractivity contribution in [1.29, 1.82) is 0 Å². The molecule has 0 aliphatic heterocycles. The van der Waals surface area contributed by atoms with Gasteiger partial charge in [-0.05, 0) is 38.1 Å². The SMILES string of the molecule is CCOC(=O)n1c(C(=O)c2cccc(C)c2)c(N)c2ccc(Cl)cc21. The molecular weight excluding hydrogens is 340 g/mol. The summed E-state index contributed by atoms with van der Waals surface area (Å²) in [5.41, 5.74) is 8.35. The Labute approximate surface area is 149 Å². The molecule has 0 aliphatic rings. The molecule has 2 N–H and O–H groups in total. The largest absolute Gasteiger partial charge is 0.449 e. The van der Waals surface area contributed by atoms with E-state index in [1.807, 2.05) is 13.0 Å². The highest BCUT2D eigenvalue weighted by Gasteiger charge is 2.26. The third kappa shape index (κ3) is 2.98. The van der Waals surface area contributed by atoms with Crippen LogP contribution in [0, 0.1) is 6.92 Å². The summed E-state index contributed by atoms with van der Waals surface area (Å²) in [6.45, 7) is 3.76. The Hall–Kier alpha value is -2.79. The summed E-state index contributed by atoms with van der Waals surface area (Å²) in [4.78, 5) is 25.6. The zero-order chi connectivity index (χ0) is 18.1. The number of halogens is 1. The number of ether oxygens (including phenoxy) is 1. The van der Waals surface area contributed by atoms with Gasteiger partial charge < -0.3 is 10.5 Å². The second-order valence-corrected chi connectivity index (χ2v) is 6.09. The van der Waals surface area contributed by atoms with E-state index in [1.54, 1.807) is 43.3 Å². The summed E-state index contributed by atoms with van der Waals surface area (Å²) < 4.78 is 6.31. The predicted octanol–water partition coefficient (Wildman–Crippen LogP) is 4.42. The normalized spacial score (nSPS) is 10.8. The van der Waals surface area contributed by atoms with Gasteiger partial charge in [0.25, 0.3) is 0 Å². The van der Waals surface area contributed by atoms with Gasteiger partial charge in [-0.25, -0.2) is 9.36 Å². The number of benzene rings is 2. The van der Waals surface area contributed by atoms with Crippen LogP contribution in [0.2, 0.25) is 5.02 Å². The first-order chi connectivity index (χ1) is 11.9. The van der Waals surface area contributed by atoms with Crippen molar-refractivity contribution in [3.8, 4) is 0 Å². The van der Waals surface area contributed by atoms with Gasteiger partial charge in [0.15, 0.2) is 0 Å². The van der Waals surface area contributed by atoms with E-state index in [2.05, 4.69) is 0 Å². The van der Waals surface area contributed by atoms with E-state index in [0.717, 1.165) is 5.56 Å². The Morgan fingerprint density at radius 3 is 2.64 bits per heavy atom. The summed E-state index contributed by atoms with van der Waals surface area (Å²) in [6.07, 6.45) is -0.664. The van der Waals surface area contributed by atoms with Crippen LogP contribution in [-0.2, 0) is 4.74 Å². The lowest BCUT2D eigenvalue weighted by Gasteiger charge is -2.09. The van der Waals surface area contributed by atoms with E-state index in [0.29, 0.717) is 21.5 Å². The maximum Gasteiger partial charge on any atom is 0.419 e. The molecule has 0 saturated heterocycles. The number of anilines is 1. The number of ketones is 1. The maximum atomic E-state index is 13.1. The van der Waals surface area contributed by atoms with Gasteiger partial charge >= 0.3 is 6.09 Å². The number of aryl methyl sites for hydroxylation is 1. The van der Waals surface area contributed by atoms with Crippen LogP contribution in [-0.4, -0.2) is 23.1 Å². The fourth-order valence-electron chi connectivity index (χ4n) is 2.81. The zero-order valence-electron chi connectivity index (χ0n) is 13.9. The zero-order valence-corrected chi connectivity index (χ0v) is 14.6. The molecule has 0 aliphatic carbocycles. The molecule has 0 bridgehead atoms. The first-order valence-corrected chi connectivity index (χ1v) is 8.19. The number of carbonyl (C=O) groups excluding carboxylic acids is 2. The Bertz CT molecular complexity index is 992. The van der Waals surface area contributed by atoms with E-state index >= 15 is 0 Å². The summed E-state index contributed by atoms with van der Waals surface area (Å²) in [5.74, 6) is -0.346. The highest BCUT2D eigenvalue weighted by molar-refractivity contribution is 6.31. The average Bonchev–Trinajstić information content (AvgIpc) is 2.86. The fourth-order valence-corrected chi connectivity index (χ4v) is 2.98. The molecule has 0 atom stereocenters. The molecule has 6 heteroatoms. The lowest BCUT2D eigenvalue weighted by Crippen LogP contribution is -2.20. The van der Waals surface area contributed by atoms with Gasteiger partial charge in [-0.1, -0.05) is 35.4 Å². The number of aromatic nitrogens is 1. The van der Waals surface area contributed by atoms with E-state index < -0.39 is 6.09 Å². The first-order valence-electron chi connectivity index (χ1n) is 7.82. The molecule has 25 heavy (non-hydrogen) atoms. The summed E-state index contributed by atoms with van der Waals surface area (Å²) in [7, 11) is 0. The second kappa shape index (κ2) is 6.61. The van der Waals surface area contributed by atoms with Gasteiger partial charge in [-0.2, -0.15) is 0 Å². The van der Waals surface area contributed by atoms with Crippen molar-refractivity contribution in [2.75, 3.05) is 12.3 Å². The highest BCUT2D eigenvalue weighted by Crippen LogP contribution is 2.32. The van der Waals surface area contributed by atoms with E-state index in [-0.39, 0.29) is 23.8 Å². The molecule has 0 spiro atoms. The van der Waals surface area contributed by atoms with Crippen LogP contribution in [0.25, 0.3) is 10.9 Å². The Balaban J connectivity index is 2.29. The standard InChI is InChI=1S/C19H17ClN2O3/c1-3-25-19(24)22-15-10-13(20)7-8-14(15)16(21)17(22)18(23)12-6-4-5-11(2)9-12/h4-10H,3,21H2,1-2H3. The van der Waals surface area contributed by atoms with Crippen molar-refractivity contribution in [3.63, 3.8) is 0 Å². The molecule has 0 amide bonds. The van der Waals surface area contributed by atoms with Crippen molar-refractivity contribution in [1.82, 2.24) is 4.57 Å². The van der Waals surface area contributed by atoms with Crippen LogP contribution >= 0.6 is 11.6 Å².